The summed E-state index contributed by atoms with van der Waals surface area (Å²) in [5.74, 6) is -2.42. The molecule has 1 aromatic rings. The molecule has 2 rings (SSSR count). The second-order valence-electron chi connectivity index (χ2n) is 5.59. The molecule has 1 aliphatic rings. The summed E-state index contributed by atoms with van der Waals surface area (Å²) in [5.41, 5.74) is 0. The quantitative estimate of drug-likeness (QED) is 0.783. The molecule has 2 N–H and O–H groups in total. The van der Waals surface area contributed by atoms with Gasteiger partial charge in [-0.1, -0.05) is 0 Å². The summed E-state index contributed by atoms with van der Waals surface area (Å²) in [7, 11) is -3.79. The highest BCUT2D eigenvalue weighted by molar-refractivity contribution is 7.89. The van der Waals surface area contributed by atoms with Crippen molar-refractivity contribution in [2.24, 2.45) is 5.92 Å². The Bertz CT molecular complexity index is 705. The van der Waals surface area contributed by atoms with E-state index in [9.17, 15) is 22.4 Å². The molecule has 0 spiro atoms. The lowest BCUT2D eigenvalue weighted by molar-refractivity contribution is -0.137. The number of amides is 1. The molecule has 24 heavy (non-hydrogen) atoms. The number of rotatable bonds is 6. The Balaban J connectivity index is 2.02. The SMILES string of the molecule is O=C(O)CCNC(=O)[C@@H]1CCCN(S(=O)(=O)c2ccc(F)cc2)C1. The smallest absolute Gasteiger partial charge is 0.305 e. The number of sulfonamides is 1. The van der Waals surface area contributed by atoms with Gasteiger partial charge in [0.1, 0.15) is 5.82 Å². The largest absolute Gasteiger partial charge is 0.481 e. The molecule has 1 atom stereocenters. The molecule has 1 aromatic carbocycles. The van der Waals surface area contributed by atoms with Gasteiger partial charge in [0.2, 0.25) is 15.9 Å². The van der Waals surface area contributed by atoms with Crippen LogP contribution in [0, 0.1) is 11.7 Å². The second kappa shape index (κ2) is 7.71. The van der Waals surface area contributed by atoms with Gasteiger partial charge in [-0.3, -0.25) is 9.59 Å². The fourth-order valence-electron chi connectivity index (χ4n) is 2.57. The van der Waals surface area contributed by atoms with Crippen LogP contribution in [0.15, 0.2) is 29.2 Å². The van der Waals surface area contributed by atoms with E-state index in [4.69, 9.17) is 5.11 Å². The summed E-state index contributed by atoms with van der Waals surface area (Å²) < 4.78 is 39.3. The third-order valence-electron chi connectivity index (χ3n) is 3.84. The van der Waals surface area contributed by atoms with Crippen molar-refractivity contribution in [3.8, 4) is 0 Å². The summed E-state index contributed by atoms with van der Waals surface area (Å²) >= 11 is 0. The van der Waals surface area contributed by atoms with Crippen LogP contribution in [0.3, 0.4) is 0 Å². The van der Waals surface area contributed by atoms with Gasteiger partial charge in [-0.05, 0) is 37.1 Å². The maximum Gasteiger partial charge on any atom is 0.305 e. The van der Waals surface area contributed by atoms with Gasteiger partial charge < -0.3 is 10.4 Å². The number of benzene rings is 1. The number of carbonyl (C=O) groups excluding carboxylic acids is 1. The normalized spacial score (nSPS) is 19.0. The zero-order chi connectivity index (χ0) is 17.7. The lowest BCUT2D eigenvalue weighted by atomic mass is 9.99. The van der Waals surface area contributed by atoms with E-state index in [1.54, 1.807) is 0 Å². The van der Waals surface area contributed by atoms with Gasteiger partial charge in [0.05, 0.1) is 17.2 Å². The van der Waals surface area contributed by atoms with Crippen molar-refractivity contribution in [2.45, 2.75) is 24.2 Å². The predicted molar refractivity (Wildman–Crippen MR) is 83.1 cm³/mol. The summed E-state index contributed by atoms with van der Waals surface area (Å²) in [6.07, 6.45) is 0.877. The molecule has 9 heteroatoms. The van der Waals surface area contributed by atoms with Gasteiger partial charge in [-0.25, -0.2) is 12.8 Å². The summed E-state index contributed by atoms with van der Waals surface area (Å²) in [4.78, 5) is 22.5. The first kappa shape index (κ1) is 18.3. The maximum absolute atomic E-state index is 13.0. The number of nitrogens with one attached hydrogen (secondary N) is 1. The first-order chi connectivity index (χ1) is 11.3. The zero-order valence-electron chi connectivity index (χ0n) is 12.9. The molecule has 1 fully saturated rings. The van der Waals surface area contributed by atoms with Crippen molar-refractivity contribution in [1.29, 1.82) is 0 Å². The number of aliphatic carboxylic acids is 1. The standard InChI is InChI=1S/C15H19FN2O5S/c16-12-3-5-13(6-4-12)24(22,23)18-9-1-2-11(10-18)15(21)17-8-7-14(19)20/h3-6,11H,1-2,7-10H2,(H,17,21)(H,19,20)/t11-/m1/s1. The number of hydrogen-bond acceptors (Lipinski definition) is 4. The van der Waals surface area contributed by atoms with Crippen molar-refractivity contribution in [2.75, 3.05) is 19.6 Å². The topological polar surface area (TPSA) is 104 Å². The molecule has 0 unspecified atom stereocenters. The molecule has 1 aliphatic heterocycles. The summed E-state index contributed by atoms with van der Waals surface area (Å²) in [6.45, 7) is 0.326. The molecule has 1 amide bonds. The van der Waals surface area contributed by atoms with Crippen LogP contribution in [0.25, 0.3) is 0 Å². The van der Waals surface area contributed by atoms with Crippen LogP contribution in [0.2, 0.25) is 0 Å². The Hall–Kier alpha value is -2.00. The van der Waals surface area contributed by atoms with E-state index in [1.165, 1.54) is 16.4 Å². The first-order valence-electron chi connectivity index (χ1n) is 7.56. The minimum absolute atomic E-state index is 0.00930. The minimum atomic E-state index is -3.79. The van der Waals surface area contributed by atoms with Crippen LogP contribution in [0.1, 0.15) is 19.3 Å². The van der Waals surface area contributed by atoms with Crippen LogP contribution in [-0.4, -0.2) is 49.3 Å². The summed E-state index contributed by atoms with van der Waals surface area (Å²) in [5, 5.41) is 11.1. The third-order valence-corrected chi connectivity index (χ3v) is 5.72. The Morgan fingerprint density at radius 3 is 2.58 bits per heavy atom. The van der Waals surface area contributed by atoms with E-state index in [-0.39, 0.29) is 30.3 Å². The number of hydrogen-bond donors (Lipinski definition) is 2. The van der Waals surface area contributed by atoms with Crippen molar-refractivity contribution < 1.29 is 27.5 Å². The monoisotopic (exact) mass is 358 g/mol. The highest BCUT2D eigenvalue weighted by atomic mass is 32.2. The van der Waals surface area contributed by atoms with E-state index >= 15 is 0 Å². The van der Waals surface area contributed by atoms with E-state index in [2.05, 4.69) is 5.32 Å². The molecule has 1 heterocycles. The van der Waals surface area contributed by atoms with E-state index < -0.39 is 27.7 Å². The molecule has 0 aromatic heterocycles. The number of carboxylic acids is 1. The van der Waals surface area contributed by atoms with Crippen LogP contribution in [0.4, 0.5) is 4.39 Å². The van der Waals surface area contributed by atoms with Crippen LogP contribution in [0.5, 0.6) is 0 Å². The second-order valence-corrected chi connectivity index (χ2v) is 7.53. The Labute approximate surface area is 139 Å². The van der Waals surface area contributed by atoms with Gasteiger partial charge in [0, 0.05) is 19.6 Å². The number of halogens is 1. The van der Waals surface area contributed by atoms with E-state index in [0.29, 0.717) is 19.4 Å². The molecule has 0 radical (unpaired) electrons. The molecular formula is C15H19FN2O5S. The third kappa shape index (κ3) is 4.51. The number of carbonyl (C=O) groups is 2. The number of piperidine rings is 1. The molecular weight excluding hydrogens is 339 g/mol. The molecule has 1 saturated heterocycles. The van der Waals surface area contributed by atoms with E-state index in [0.717, 1.165) is 12.1 Å². The van der Waals surface area contributed by atoms with Gasteiger partial charge in [0.15, 0.2) is 0 Å². The van der Waals surface area contributed by atoms with Crippen molar-refractivity contribution in [3.63, 3.8) is 0 Å². The Morgan fingerprint density at radius 2 is 1.96 bits per heavy atom. The van der Waals surface area contributed by atoms with Gasteiger partial charge in [-0.15, -0.1) is 0 Å². The fourth-order valence-corrected chi connectivity index (χ4v) is 4.09. The minimum Gasteiger partial charge on any atom is -0.481 e. The van der Waals surface area contributed by atoms with Gasteiger partial charge in [-0.2, -0.15) is 4.31 Å². The molecule has 7 nitrogen and oxygen atoms in total. The Morgan fingerprint density at radius 1 is 1.29 bits per heavy atom. The average molecular weight is 358 g/mol. The van der Waals surface area contributed by atoms with Crippen molar-refractivity contribution in [3.05, 3.63) is 30.1 Å². The highest BCUT2D eigenvalue weighted by Gasteiger charge is 2.33. The summed E-state index contributed by atoms with van der Waals surface area (Å²) in [6, 6.07) is 4.54. The Kier molecular flexibility index (Phi) is 5.89. The van der Waals surface area contributed by atoms with Crippen LogP contribution in [-0.2, 0) is 19.6 Å². The van der Waals surface area contributed by atoms with Crippen molar-refractivity contribution in [1.82, 2.24) is 9.62 Å². The van der Waals surface area contributed by atoms with Crippen LogP contribution >= 0.6 is 0 Å². The maximum atomic E-state index is 13.0. The number of carboxylic acid groups (broad SMARTS) is 1. The predicted octanol–water partition coefficient (Wildman–Crippen LogP) is 0.817. The average Bonchev–Trinajstić information content (AvgIpc) is 2.55. The molecule has 0 aliphatic carbocycles. The fraction of sp³-hybridized carbons (Fsp3) is 0.467. The zero-order valence-corrected chi connectivity index (χ0v) is 13.8. The van der Waals surface area contributed by atoms with Crippen LogP contribution < -0.4 is 5.32 Å². The van der Waals surface area contributed by atoms with Gasteiger partial charge >= 0.3 is 5.97 Å². The molecule has 0 bridgehead atoms. The van der Waals surface area contributed by atoms with Gasteiger partial charge in [0.25, 0.3) is 0 Å². The van der Waals surface area contributed by atoms with E-state index in [1.807, 2.05) is 0 Å². The lowest BCUT2D eigenvalue weighted by Crippen LogP contribution is -2.45. The highest BCUT2D eigenvalue weighted by Crippen LogP contribution is 2.24. The number of nitrogens with zero attached hydrogens (tertiary/aromatic N) is 1. The molecule has 0 saturated carbocycles. The first-order valence-corrected chi connectivity index (χ1v) is 9.00. The lowest BCUT2D eigenvalue weighted by Gasteiger charge is -2.31. The van der Waals surface area contributed by atoms with Crippen molar-refractivity contribution >= 4 is 21.9 Å². The molecule has 132 valence electrons.